The van der Waals surface area contributed by atoms with Crippen LogP contribution in [0.1, 0.15) is 12.0 Å². The maximum atomic E-state index is 11.1. The van der Waals surface area contributed by atoms with E-state index in [4.69, 9.17) is 9.47 Å². The molecule has 0 radical (unpaired) electrons. The van der Waals surface area contributed by atoms with Crippen molar-refractivity contribution >= 4 is 21.6 Å². The van der Waals surface area contributed by atoms with Crippen molar-refractivity contribution in [1.82, 2.24) is 0 Å². The van der Waals surface area contributed by atoms with Gasteiger partial charge in [-0.25, -0.2) is 0 Å². The van der Waals surface area contributed by atoms with E-state index in [1.807, 2.05) is 0 Å². The molecule has 1 N–H and O–H groups in total. The van der Waals surface area contributed by atoms with Crippen LogP contribution in [0.4, 0.5) is 5.69 Å². The number of benzene rings is 1. The van der Waals surface area contributed by atoms with Crippen LogP contribution in [0.15, 0.2) is 16.6 Å². The van der Waals surface area contributed by atoms with Crippen LogP contribution in [0.25, 0.3) is 0 Å². The van der Waals surface area contributed by atoms with Crippen molar-refractivity contribution in [3.8, 4) is 5.75 Å². The number of nitrogens with zero attached hydrogens (tertiary/aromatic N) is 1. The van der Waals surface area contributed by atoms with Gasteiger partial charge in [-0.15, -0.1) is 0 Å². The molecule has 7 heteroatoms. The molecule has 0 heterocycles. The number of aryl methyl sites for hydroxylation is 1. The van der Waals surface area contributed by atoms with Crippen molar-refractivity contribution in [2.24, 2.45) is 0 Å². The number of methoxy groups -OCH3 is 1. The zero-order chi connectivity index (χ0) is 14.2. The Kier molecular flexibility index (Phi) is 4.07. The quantitative estimate of drug-likeness (QED) is 0.675. The van der Waals surface area contributed by atoms with Gasteiger partial charge in [-0.05, 0) is 18.6 Å². The highest BCUT2D eigenvalue weighted by Gasteiger charge is 2.43. The summed E-state index contributed by atoms with van der Waals surface area (Å²) in [4.78, 5) is 10.6. The molecule has 1 aromatic rings. The Morgan fingerprint density at radius 1 is 1.53 bits per heavy atom. The van der Waals surface area contributed by atoms with Crippen LogP contribution in [0.3, 0.4) is 0 Å². The maximum absolute atomic E-state index is 11.1. The summed E-state index contributed by atoms with van der Waals surface area (Å²) in [6.45, 7) is 1.74. The van der Waals surface area contributed by atoms with Crippen LogP contribution in [-0.2, 0) is 4.74 Å². The number of hydrogen-bond acceptors (Lipinski definition) is 5. The predicted octanol–water partition coefficient (Wildman–Crippen LogP) is 2.19. The Hall–Kier alpha value is -1.18. The molecule has 1 aliphatic rings. The molecule has 1 saturated carbocycles. The lowest BCUT2D eigenvalue weighted by Crippen LogP contribution is -2.54. The van der Waals surface area contributed by atoms with E-state index in [2.05, 4.69) is 15.9 Å². The zero-order valence-electron chi connectivity index (χ0n) is 10.5. The highest BCUT2D eigenvalue weighted by atomic mass is 79.9. The van der Waals surface area contributed by atoms with Crippen LogP contribution in [-0.4, -0.2) is 35.5 Å². The Balaban J connectivity index is 2.27. The van der Waals surface area contributed by atoms with E-state index in [1.165, 1.54) is 13.2 Å². The third-order valence-corrected chi connectivity index (χ3v) is 3.64. The van der Waals surface area contributed by atoms with E-state index < -0.39 is 17.1 Å². The van der Waals surface area contributed by atoms with Crippen molar-refractivity contribution in [2.45, 2.75) is 31.7 Å². The fraction of sp³-hybridized carbons (Fsp3) is 0.500. The third-order valence-electron chi connectivity index (χ3n) is 3.18. The molecule has 0 bridgehead atoms. The van der Waals surface area contributed by atoms with Crippen molar-refractivity contribution in [1.29, 1.82) is 0 Å². The second-order valence-corrected chi connectivity index (χ2v) is 5.40. The first-order valence-corrected chi connectivity index (χ1v) is 6.55. The molecular formula is C12H14BrNO5. The standard InChI is InChI=1S/C12H14BrNO5/c1-6-3-7(13)4-8(14(16)17)11(6)19-10-5-9(15)12(10)18-2/h3-4,9-10,12,15H,5H2,1-2H3. The van der Waals surface area contributed by atoms with Gasteiger partial charge < -0.3 is 14.6 Å². The van der Waals surface area contributed by atoms with Crippen molar-refractivity contribution in [3.63, 3.8) is 0 Å². The Morgan fingerprint density at radius 2 is 2.21 bits per heavy atom. The minimum absolute atomic E-state index is 0.0943. The molecule has 0 saturated heterocycles. The van der Waals surface area contributed by atoms with E-state index in [9.17, 15) is 15.2 Å². The Bertz CT molecular complexity index is 507. The molecule has 1 fully saturated rings. The van der Waals surface area contributed by atoms with Gasteiger partial charge in [0.15, 0.2) is 0 Å². The molecule has 1 aliphatic carbocycles. The van der Waals surface area contributed by atoms with Gasteiger partial charge in [-0.1, -0.05) is 15.9 Å². The Morgan fingerprint density at radius 3 is 2.74 bits per heavy atom. The normalized spacial score (nSPS) is 25.8. The van der Waals surface area contributed by atoms with E-state index >= 15 is 0 Å². The number of nitro groups is 1. The highest BCUT2D eigenvalue weighted by molar-refractivity contribution is 9.10. The number of aliphatic hydroxyl groups is 1. The summed E-state index contributed by atoms with van der Waals surface area (Å²) in [5.41, 5.74) is 0.570. The van der Waals surface area contributed by atoms with Crippen LogP contribution >= 0.6 is 15.9 Å². The molecule has 2 rings (SSSR count). The monoisotopic (exact) mass is 331 g/mol. The molecule has 0 amide bonds. The largest absolute Gasteiger partial charge is 0.480 e. The minimum atomic E-state index is -0.579. The van der Waals surface area contributed by atoms with Gasteiger partial charge in [-0.2, -0.15) is 0 Å². The molecule has 6 nitrogen and oxygen atoms in total. The second-order valence-electron chi connectivity index (χ2n) is 4.49. The average Bonchev–Trinajstić information content (AvgIpc) is 2.30. The molecule has 0 aliphatic heterocycles. The van der Waals surface area contributed by atoms with Gasteiger partial charge in [0.1, 0.15) is 12.2 Å². The van der Waals surface area contributed by atoms with Crippen LogP contribution in [0, 0.1) is 17.0 Å². The molecule has 3 unspecified atom stereocenters. The van der Waals surface area contributed by atoms with E-state index in [1.54, 1.807) is 13.0 Å². The lowest BCUT2D eigenvalue weighted by Gasteiger charge is -2.40. The van der Waals surface area contributed by atoms with Crippen molar-refractivity contribution < 1.29 is 19.5 Å². The predicted molar refractivity (Wildman–Crippen MR) is 71.4 cm³/mol. The fourth-order valence-corrected chi connectivity index (χ4v) is 2.69. The number of hydrogen-bond donors (Lipinski definition) is 1. The topological polar surface area (TPSA) is 81.8 Å². The van der Waals surface area contributed by atoms with Crippen molar-refractivity contribution in [3.05, 3.63) is 32.3 Å². The average molecular weight is 332 g/mol. The first kappa shape index (κ1) is 14.2. The first-order chi connectivity index (χ1) is 8.93. The number of ether oxygens (including phenoxy) is 2. The fourth-order valence-electron chi connectivity index (χ4n) is 2.13. The molecule has 104 valence electrons. The van der Waals surface area contributed by atoms with Gasteiger partial charge >= 0.3 is 5.69 Å². The van der Waals surface area contributed by atoms with Crippen molar-refractivity contribution in [2.75, 3.05) is 7.11 Å². The molecule has 1 aromatic carbocycles. The van der Waals surface area contributed by atoms with E-state index in [0.29, 0.717) is 16.5 Å². The molecule has 3 atom stereocenters. The van der Waals surface area contributed by atoms with Gasteiger partial charge in [0.05, 0.1) is 11.0 Å². The molecular weight excluding hydrogens is 318 g/mol. The number of aliphatic hydroxyl groups excluding tert-OH is 1. The van der Waals surface area contributed by atoms with Gasteiger partial charge in [0.2, 0.25) is 5.75 Å². The lowest BCUT2D eigenvalue weighted by atomic mass is 9.88. The summed E-state index contributed by atoms with van der Waals surface area (Å²) in [6, 6.07) is 3.15. The summed E-state index contributed by atoms with van der Waals surface area (Å²) >= 11 is 3.22. The summed E-state index contributed by atoms with van der Waals surface area (Å²) in [5, 5.41) is 20.6. The van der Waals surface area contributed by atoms with Gasteiger partial charge in [-0.3, -0.25) is 10.1 Å². The van der Waals surface area contributed by atoms with E-state index in [-0.39, 0.29) is 17.5 Å². The summed E-state index contributed by atoms with van der Waals surface area (Å²) < 4.78 is 11.4. The summed E-state index contributed by atoms with van der Waals surface area (Å²) in [5.74, 6) is 0.229. The smallest absolute Gasteiger partial charge is 0.312 e. The Labute approximate surface area is 118 Å². The van der Waals surface area contributed by atoms with Gasteiger partial charge in [0, 0.05) is 24.1 Å². The minimum Gasteiger partial charge on any atom is -0.480 e. The third kappa shape index (κ3) is 2.72. The SMILES string of the molecule is COC1C(O)CC1Oc1c(C)cc(Br)cc1[N+](=O)[O-]. The molecule has 0 spiro atoms. The van der Waals surface area contributed by atoms with Crippen LogP contribution in [0.2, 0.25) is 0 Å². The highest BCUT2D eigenvalue weighted by Crippen LogP contribution is 2.38. The lowest BCUT2D eigenvalue weighted by molar-refractivity contribution is -0.386. The number of halogens is 1. The summed E-state index contributed by atoms with van der Waals surface area (Å²) in [7, 11) is 1.48. The molecule has 19 heavy (non-hydrogen) atoms. The second kappa shape index (κ2) is 5.44. The van der Waals surface area contributed by atoms with Crippen LogP contribution < -0.4 is 4.74 Å². The summed E-state index contributed by atoms with van der Waals surface area (Å²) in [6.07, 6.45) is -0.975. The van der Waals surface area contributed by atoms with E-state index in [0.717, 1.165) is 0 Å². The van der Waals surface area contributed by atoms with Crippen LogP contribution in [0.5, 0.6) is 5.75 Å². The maximum Gasteiger partial charge on any atom is 0.312 e. The number of nitro benzene ring substituents is 1. The zero-order valence-corrected chi connectivity index (χ0v) is 12.1. The van der Waals surface area contributed by atoms with Gasteiger partial charge in [0.25, 0.3) is 0 Å². The number of rotatable bonds is 4. The first-order valence-electron chi connectivity index (χ1n) is 5.76. The molecule has 0 aromatic heterocycles.